The molecule has 0 amide bonds. The summed E-state index contributed by atoms with van der Waals surface area (Å²) in [5, 5.41) is 7.36. The maximum atomic E-state index is 5.70. The normalized spacial score (nSPS) is 10.8. The molecule has 0 fully saturated rings. The minimum Gasteiger partial charge on any atom is -0.396 e. The molecule has 2 N–H and O–H groups in total. The van der Waals surface area contributed by atoms with E-state index in [-0.39, 0.29) is 0 Å². The van der Waals surface area contributed by atoms with Crippen LogP contribution in [0.5, 0.6) is 0 Å². The highest BCUT2D eigenvalue weighted by Crippen LogP contribution is 2.32. The summed E-state index contributed by atoms with van der Waals surface area (Å²) in [7, 11) is 0. The molecule has 0 bridgehead atoms. The highest BCUT2D eigenvalue weighted by Gasteiger charge is 2.11. The van der Waals surface area contributed by atoms with Crippen molar-refractivity contribution in [3.8, 4) is 0 Å². The molecule has 0 aliphatic rings. The molecule has 0 atom stereocenters. The number of halogens is 2. The third-order valence-electron chi connectivity index (χ3n) is 1.48. The van der Waals surface area contributed by atoms with Crippen molar-refractivity contribution in [3.63, 3.8) is 0 Å². The SMILES string of the molecule is Nc1c(Br)cc(Br)c2nonc12. The van der Waals surface area contributed by atoms with E-state index in [0.29, 0.717) is 16.7 Å². The number of aromatic nitrogens is 2. The van der Waals surface area contributed by atoms with Gasteiger partial charge < -0.3 is 5.73 Å². The van der Waals surface area contributed by atoms with Crippen molar-refractivity contribution in [1.82, 2.24) is 10.3 Å². The number of rotatable bonds is 0. The second kappa shape index (κ2) is 2.70. The Bertz CT molecular complexity index is 440. The lowest BCUT2D eigenvalue weighted by molar-refractivity contribution is 0.315. The third-order valence-corrected chi connectivity index (χ3v) is 2.74. The van der Waals surface area contributed by atoms with Gasteiger partial charge in [0, 0.05) is 4.47 Å². The van der Waals surface area contributed by atoms with E-state index in [1.54, 1.807) is 0 Å². The molecular formula is C6H3Br2N3O. The van der Waals surface area contributed by atoms with E-state index in [0.717, 1.165) is 8.95 Å². The van der Waals surface area contributed by atoms with Crippen LogP contribution >= 0.6 is 31.9 Å². The van der Waals surface area contributed by atoms with Crippen LogP contribution in [0.2, 0.25) is 0 Å². The minimum atomic E-state index is 0.537. The summed E-state index contributed by atoms with van der Waals surface area (Å²) in [5.74, 6) is 0. The van der Waals surface area contributed by atoms with Crippen LogP contribution in [0.25, 0.3) is 11.0 Å². The van der Waals surface area contributed by atoms with E-state index in [1.807, 2.05) is 6.07 Å². The summed E-state index contributed by atoms with van der Waals surface area (Å²) >= 11 is 6.60. The Morgan fingerprint density at radius 3 is 2.58 bits per heavy atom. The van der Waals surface area contributed by atoms with Crippen LogP contribution in [0.3, 0.4) is 0 Å². The van der Waals surface area contributed by atoms with E-state index in [1.165, 1.54) is 0 Å². The van der Waals surface area contributed by atoms with Gasteiger partial charge in [-0.3, -0.25) is 0 Å². The van der Waals surface area contributed by atoms with Gasteiger partial charge in [-0.15, -0.1) is 0 Å². The third kappa shape index (κ3) is 1.02. The smallest absolute Gasteiger partial charge is 0.160 e. The molecule has 4 nitrogen and oxygen atoms in total. The van der Waals surface area contributed by atoms with E-state index < -0.39 is 0 Å². The number of anilines is 1. The van der Waals surface area contributed by atoms with Gasteiger partial charge in [0.1, 0.15) is 0 Å². The molecule has 2 rings (SSSR count). The summed E-state index contributed by atoms with van der Waals surface area (Å²) in [5.41, 5.74) is 7.44. The first kappa shape index (κ1) is 8.00. The predicted molar refractivity (Wildman–Crippen MR) is 51.6 cm³/mol. The molecule has 0 spiro atoms. The number of nitrogens with zero attached hydrogens (tertiary/aromatic N) is 2. The van der Waals surface area contributed by atoms with Gasteiger partial charge in [-0.05, 0) is 48.2 Å². The van der Waals surface area contributed by atoms with Crippen molar-refractivity contribution >= 4 is 48.6 Å². The first-order valence-electron chi connectivity index (χ1n) is 3.06. The van der Waals surface area contributed by atoms with Crippen molar-refractivity contribution in [2.45, 2.75) is 0 Å². The number of nitrogens with two attached hydrogens (primary N) is 1. The number of hydrogen-bond acceptors (Lipinski definition) is 4. The number of fused-ring (bicyclic) bond motifs is 1. The molecule has 0 aliphatic carbocycles. The summed E-state index contributed by atoms with van der Waals surface area (Å²) in [6.45, 7) is 0. The summed E-state index contributed by atoms with van der Waals surface area (Å²) in [4.78, 5) is 0. The Morgan fingerprint density at radius 2 is 1.83 bits per heavy atom. The average molecular weight is 293 g/mol. The molecule has 62 valence electrons. The summed E-state index contributed by atoms with van der Waals surface area (Å²) in [6, 6.07) is 1.81. The zero-order chi connectivity index (χ0) is 8.72. The van der Waals surface area contributed by atoms with Gasteiger partial charge >= 0.3 is 0 Å². The van der Waals surface area contributed by atoms with Crippen LogP contribution in [0.15, 0.2) is 19.6 Å². The molecule has 1 aromatic carbocycles. The number of hydrogen-bond donors (Lipinski definition) is 1. The Morgan fingerprint density at radius 1 is 1.17 bits per heavy atom. The van der Waals surface area contributed by atoms with Crippen LogP contribution < -0.4 is 5.73 Å². The Labute approximate surface area is 84.3 Å². The van der Waals surface area contributed by atoms with Crippen molar-refractivity contribution in [2.24, 2.45) is 0 Å². The van der Waals surface area contributed by atoms with Crippen LogP contribution in [0.1, 0.15) is 0 Å². The predicted octanol–water partition coefficient (Wildman–Crippen LogP) is 2.33. The molecule has 2 aromatic rings. The van der Waals surface area contributed by atoms with Crippen molar-refractivity contribution in [3.05, 3.63) is 15.0 Å². The molecule has 0 unspecified atom stereocenters. The first-order chi connectivity index (χ1) is 5.70. The lowest BCUT2D eigenvalue weighted by Gasteiger charge is -1.97. The molecular weight excluding hydrogens is 290 g/mol. The first-order valence-corrected chi connectivity index (χ1v) is 4.64. The van der Waals surface area contributed by atoms with Crippen LogP contribution in [0, 0.1) is 0 Å². The maximum absolute atomic E-state index is 5.70. The molecule has 0 saturated heterocycles. The Kier molecular flexibility index (Phi) is 1.80. The highest BCUT2D eigenvalue weighted by atomic mass is 79.9. The van der Waals surface area contributed by atoms with Gasteiger partial charge in [0.15, 0.2) is 11.0 Å². The monoisotopic (exact) mass is 291 g/mol. The quantitative estimate of drug-likeness (QED) is 0.757. The minimum absolute atomic E-state index is 0.537. The summed E-state index contributed by atoms with van der Waals surface area (Å²) < 4.78 is 6.13. The topological polar surface area (TPSA) is 64.9 Å². The standard InChI is InChI=1S/C6H3Br2N3O/c7-2-1-3(8)5-6(4(2)9)11-12-10-5/h1H,9H2. The Hall–Kier alpha value is -0.620. The van der Waals surface area contributed by atoms with Gasteiger partial charge in [0.05, 0.1) is 10.2 Å². The maximum Gasteiger partial charge on any atom is 0.160 e. The average Bonchev–Trinajstić information content (AvgIpc) is 2.48. The molecule has 1 heterocycles. The van der Waals surface area contributed by atoms with Crippen LogP contribution in [-0.4, -0.2) is 10.3 Å². The Balaban J connectivity index is 2.97. The molecule has 0 radical (unpaired) electrons. The fraction of sp³-hybridized carbons (Fsp3) is 0. The van der Waals surface area contributed by atoms with E-state index in [4.69, 9.17) is 5.73 Å². The van der Waals surface area contributed by atoms with Gasteiger partial charge in [0.25, 0.3) is 0 Å². The fourth-order valence-corrected chi connectivity index (χ4v) is 2.11. The fourth-order valence-electron chi connectivity index (χ4n) is 0.892. The van der Waals surface area contributed by atoms with Crippen molar-refractivity contribution in [2.75, 3.05) is 5.73 Å². The van der Waals surface area contributed by atoms with Crippen LogP contribution in [-0.2, 0) is 0 Å². The largest absolute Gasteiger partial charge is 0.396 e. The number of benzene rings is 1. The van der Waals surface area contributed by atoms with Crippen LogP contribution in [0.4, 0.5) is 5.69 Å². The van der Waals surface area contributed by atoms with E-state index in [9.17, 15) is 0 Å². The van der Waals surface area contributed by atoms with Gasteiger partial charge in [-0.25, -0.2) is 4.63 Å². The molecule has 6 heteroatoms. The van der Waals surface area contributed by atoms with Gasteiger partial charge in [-0.1, -0.05) is 0 Å². The molecule has 1 aromatic heterocycles. The lowest BCUT2D eigenvalue weighted by Crippen LogP contribution is -1.88. The van der Waals surface area contributed by atoms with Gasteiger partial charge in [0.2, 0.25) is 0 Å². The van der Waals surface area contributed by atoms with Crippen molar-refractivity contribution in [1.29, 1.82) is 0 Å². The van der Waals surface area contributed by atoms with Crippen molar-refractivity contribution < 1.29 is 4.63 Å². The second-order valence-corrected chi connectivity index (χ2v) is 3.92. The zero-order valence-corrected chi connectivity index (χ0v) is 8.89. The lowest BCUT2D eigenvalue weighted by atomic mass is 10.3. The number of nitrogen functional groups attached to an aromatic ring is 1. The summed E-state index contributed by atoms with van der Waals surface area (Å²) in [6.07, 6.45) is 0. The second-order valence-electron chi connectivity index (χ2n) is 2.22. The zero-order valence-electron chi connectivity index (χ0n) is 5.71. The molecule has 0 aliphatic heterocycles. The highest BCUT2D eigenvalue weighted by molar-refractivity contribution is 9.11. The van der Waals surface area contributed by atoms with E-state index in [2.05, 4.69) is 46.8 Å². The van der Waals surface area contributed by atoms with Gasteiger partial charge in [-0.2, -0.15) is 0 Å². The van der Waals surface area contributed by atoms with E-state index >= 15 is 0 Å². The molecule has 0 saturated carbocycles. The molecule has 12 heavy (non-hydrogen) atoms.